The van der Waals surface area contributed by atoms with E-state index in [4.69, 9.17) is 18.0 Å². The molecule has 1 atom stereocenters. The molecule has 0 heterocycles. The Bertz CT molecular complexity index is 200. The molecule has 15 heavy (non-hydrogen) atoms. The van der Waals surface area contributed by atoms with E-state index in [0.29, 0.717) is 11.0 Å². The van der Waals surface area contributed by atoms with Gasteiger partial charge in [0.2, 0.25) is 0 Å². The fourth-order valence-corrected chi connectivity index (χ4v) is 2.79. The molecule has 1 aliphatic carbocycles. The van der Waals surface area contributed by atoms with Crippen LogP contribution < -0.4 is 5.73 Å². The number of nitrogens with zero attached hydrogens (tertiary/aromatic N) is 1. The fourth-order valence-electron chi connectivity index (χ4n) is 2.64. The molecule has 0 radical (unpaired) electrons. The van der Waals surface area contributed by atoms with Gasteiger partial charge in [0.1, 0.15) is 0 Å². The van der Waals surface area contributed by atoms with E-state index in [1.165, 1.54) is 38.5 Å². The van der Waals surface area contributed by atoms with Gasteiger partial charge in [-0.15, -0.1) is 0 Å². The summed E-state index contributed by atoms with van der Waals surface area (Å²) >= 11 is 5.05. The Hall–Kier alpha value is -0.150. The summed E-state index contributed by atoms with van der Waals surface area (Å²) in [4.78, 5) is 3.17. The molecule has 0 aromatic carbocycles. The lowest BCUT2D eigenvalue weighted by molar-refractivity contribution is 0.161. The van der Waals surface area contributed by atoms with Gasteiger partial charge in [0.15, 0.2) is 0 Å². The highest BCUT2D eigenvalue weighted by Gasteiger charge is 2.26. The van der Waals surface area contributed by atoms with Gasteiger partial charge in [0.05, 0.1) is 4.99 Å². The molecule has 3 heteroatoms. The zero-order valence-electron chi connectivity index (χ0n) is 10.0. The Morgan fingerprint density at radius 3 is 2.53 bits per heavy atom. The predicted octanol–water partition coefficient (Wildman–Crippen LogP) is 2.71. The Kier molecular flexibility index (Phi) is 5.54. The monoisotopic (exact) mass is 228 g/mol. The standard InChI is InChI=1S/C12H24N2S/c1-3-6-10(2)14(9-12(13)15)11-7-4-5-8-11/h10-11H,3-9H2,1-2H3,(H2,13,15). The molecule has 0 amide bonds. The minimum Gasteiger partial charge on any atom is -0.392 e. The minimum atomic E-state index is 0.625. The predicted molar refractivity (Wildman–Crippen MR) is 70.1 cm³/mol. The van der Waals surface area contributed by atoms with Gasteiger partial charge >= 0.3 is 0 Å². The second-order valence-electron chi connectivity index (χ2n) is 4.71. The van der Waals surface area contributed by atoms with Crippen LogP contribution in [-0.4, -0.2) is 28.5 Å². The lowest BCUT2D eigenvalue weighted by Crippen LogP contribution is -2.44. The van der Waals surface area contributed by atoms with E-state index in [-0.39, 0.29) is 0 Å². The molecule has 1 fully saturated rings. The second-order valence-corrected chi connectivity index (χ2v) is 5.24. The average molecular weight is 228 g/mol. The lowest BCUT2D eigenvalue weighted by Gasteiger charge is -2.34. The number of nitrogens with two attached hydrogens (primary N) is 1. The fraction of sp³-hybridized carbons (Fsp3) is 0.917. The van der Waals surface area contributed by atoms with Crippen molar-refractivity contribution in [3.63, 3.8) is 0 Å². The molecule has 1 unspecified atom stereocenters. The molecule has 88 valence electrons. The highest BCUT2D eigenvalue weighted by atomic mass is 32.1. The summed E-state index contributed by atoms with van der Waals surface area (Å²) in [5.74, 6) is 0. The maximum absolute atomic E-state index is 5.68. The first-order chi connectivity index (χ1) is 7.15. The molecule has 0 aromatic heterocycles. The molecule has 2 N–H and O–H groups in total. The van der Waals surface area contributed by atoms with Crippen LogP contribution in [0.5, 0.6) is 0 Å². The maximum atomic E-state index is 5.68. The molecule has 0 aromatic rings. The summed E-state index contributed by atoms with van der Waals surface area (Å²) in [6.45, 7) is 5.35. The van der Waals surface area contributed by atoms with E-state index in [0.717, 1.165) is 12.6 Å². The van der Waals surface area contributed by atoms with Crippen LogP contribution in [0.2, 0.25) is 0 Å². The van der Waals surface area contributed by atoms with Gasteiger partial charge in [-0.3, -0.25) is 4.90 Å². The van der Waals surface area contributed by atoms with Crippen molar-refractivity contribution in [3.8, 4) is 0 Å². The molecule has 1 aliphatic rings. The van der Waals surface area contributed by atoms with Crippen LogP contribution in [0, 0.1) is 0 Å². The molecule has 1 saturated carbocycles. The summed E-state index contributed by atoms with van der Waals surface area (Å²) in [6, 6.07) is 1.35. The third kappa shape index (κ3) is 4.07. The summed E-state index contributed by atoms with van der Waals surface area (Å²) < 4.78 is 0. The van der Waals surface area contributed by atoms with E-state index in [1.807, 2.05) is 0 Å². The van der Waals surface area contributed by atoms with Crippen LogP contribution in [0.4, 0.5) is 0 Å². The van der Waals surface area contributed by atoms with Crippen molar-refractivity contribution >= 4 is 17.2 Å². The van der Waals surface area contributed by atoms with Gasteiger partial charge < -0.3 is 5.73 Å². The van der Waals surface area contributed by atoms with Crippen molar-refractivity contribution in [1.82, 2.24) is 4.90 Å². The number of hydrogen-bond donors (Lipinski definition) is 1. The molecule has 0 aliphatic heterocycles. The van der Waals surface area contributed by atoms with Gasteiger partial charge in [-0.25, -0.2) is 0 Å². The SMILES string of the molecule is CCCC(C)N(CC(N)=S)C1CCCC1. The summed E-state index contributed by atoms with van der Waals surface area (Å²) in [7, 11) is 0. The first-order valence-electron chi connectivity index (χ1n) is 6.19. The summed E-state index contributed by atoms with van der Waals surface area (Å²) in [5.41, 5.74) is 5.68. The Morgan fingerprint density at radius 2 is 2.07 bits per heavy atom. The molecule has 0 bridgehead atoms. The second kappa shape index (κ2) is 6.44. The Balaban J connectivity index is 2.54. The molecule has 0 saturated heterocycles. The van der Waals surface area contributed by atoms with E-state index >= 15 is 0 Å². The first-order valence-corrected chi connectivity index (χ1v) is 6.60. The zero-order valence-corrected chi connectivity index (χ0v) is 10.9. The number of hydrogen-bond acceptors (Lipinski definition) is 2. The highest BCUT2D eigenvalue weighted by Crippen LogP contribution is 2.25. The van der Waals surface area contributed by atoms with Gasteiger partial charge in [-0.2, -0.15) is 0 Å². The zero-order chi connectivity index (χ0) is 11.3. The van der Waals surface area contributed by atoms with Gasteiger partial charge in [-0.1, -0.05) is 38.4 Å². The van der Waals surface area contributed by atoms with E-state index in [2.05, 4.69) is 18.7 Å². The Labute approximate surface area is 99.2 Å². The van der Waals surface area contributed by atoms with E-state index in [1.54, 1.807) is 0 Å². The van der Waals surface area contributed by atoms with E-state index in [9.17, 15) is 0 Å². The third-order valence-corrected chi connectivity index (χ3v) is 3.53. The van der Waals surface area contributed by atoms with Crippen molar-refractivity contribution in [2.24, 2.45) is 5.73 Å². The van der Waals surface area contributed by atoms with Crippen molar-refractivity contribution in [1.29, 1.82) is 0 Å². The van der Waals surface area contributed by atoms with Gasteiger partial charge in [0.25, 0.3) is 0 Å². The number of thiocarbonyl (C=S) groups is 1. The maximum Gasteiger partial charge on any atom is 0.0870 e. The van der Waals surface area contributed by atoms with Crippen LogP contribution in [0.3, 0.4) is 0 Å². The third-order valence-electron chi connectivity index (χ3n) is 3.40. The smallest absolute Gasteiger partial charge is 0.0870 e. The first kappa shape index (κ1) is 12.9. The van der Waals surface area contributed by atoms with Gasteiger partial charge in [-0.05, 0) is 26.2 Å². The van der Waals surface area contributed by atoms with Crippen molar-refractivity contribution in [2.75, 3.05) is 6.54 Å². The van der Waals surface area contributed by atoms with Crippen LogP contribution in [0.1, 0.15) is 52.4 Å². The normalized spacial score (nSPS) is 19.7. The number of rotatable bonds is 6. The van der Waals surface area contributed by atoms with Crippen LogP contribution in [-0.2, 0) is 0 Å². The van der Waals surface area contributed by atoms with Crippen molar-refractivity contribution < 1.29 is 0 Å². The largest absolute Gasteiger partial charge is 0.392 e. The molecular formula is C12H24N2S. The minimum absolute atomic E-state index is 0.625. The summed E-state index contributed by atoms with van der Waals surface area (Å²) in [5, 5.41) is 0. The van der Waals surface area contributed by atoms with E-state index < -0.39 is 0 Å². The molecular weight excluding hydrogens is 204 g/mol. The Morgan fingerprint density at radius 1 is 1.47 bits per heavy atom. The average Bonchev–Trinajstić information content (AvgIpc) is 2.66. The molecule has 0 spiro atoms. The van der Waals surface area contributed by atoms with Crippen molar-refractivity contribution in [2.45, 2.75) is 64.5 Å². The van der Waals surface area contributed by atoms with Crippen LogP contribution in [0.25, 0.3) is 0 Å². The quantitative estimate of drug-likeness (QED) is 0.709. The van der Waals surface area contributed by atoms with Crippen LogP contribution in [0.15, 0.2) is 0 Å². The molecule has 1 rings (SSSR count). The lowest BCUT2D eigenvalue weighted by atomic mass is 10.1. The topological polar surface area (TPSA) is 29.3 Å². The summed E-state index contributed by atoms with van der Waals surface area (Å²) in [6.07, 6.45) is 7.89. The highest BCUT2D eigenvalue weighted by molar-refractivity contribution is 7.80. The van der Waals surface area contributed by atoms with Crippen LogP contribution >= 0.6 is 12.2 Å². The van der Waals surface area contributed by atoms with Crippen molar-refractivity contribution in [3.05, 3.63) is 0 Å². The van der Waals surface area contributed by atoms with Gasteiger partial charge in [0, 0.05) is 18.6 Å². The molecule has 2 nitrogen and oxygen atoms in total.